The summed E-state index contributed by atoms with van der Waals surface area (Å²) in [5.74, 6) is -1.86. The van der Waals surface area contributed by atoms with E-state index in [2.05, 4.69) is 18.4 Å². The first-order valence-electron chi connectivity index (χ1n) is 9.50. The van der Waals surface area contributed by atoms with Gasteiger partial charge in [-0.15, -0.1) is 0 Å². The third-order valence-electron chi connectivity index (χ3n) is 5.45. The van der Waals surface area contributed by atoms with Crippen LogP contribution in [0.4, 0.5) is 20.2 Å². The Morgan fingerprint density at radius 3 is 2.61 bits per heavy atom. The molecule has 0 aromatic heterocycles. The number of hydrogen-bond donors (Lipinski definition) is 0. The van der Waals surface area contributed by atoms with Crippen LogP contribution in [-0.4, -0.2) is 36.5 Å². The van der Waals surface area contributed by atoms with Crippen molar-refractivity contribution in [2.24, 2.45) is 0 Å². The number of hydrogen-bond acceptors (Lipinski definition) is 3. The molecule has 0 unspecified atom stereocenters. The molecule has 0 spiro atoms. The minimum absolute atomic E-state index is 0.120. The zero-order valence-electron chi connectivity index (χ0n) is 15.8. The summed E-state index contributed by atoms with van der Waals surface area (Å²) in [7, 11) is 0. The highest BCUT2D eigenvalue weighted by atomic mass is 19.2. The zero-order chi connectivity index (χ0) is 19.8. The third kappa shape index (κ3) is 3.18. The number of likely N-dealkylation sites (tertiary alicyclic amines) is 1. The summed E-state index contributed by atoms with van der Waals surface area (Å²) >= 11 is 0. The molecule has 2 aromatic rings. The predicted octanol–water partition coefficient (Wildman–Crippen LogP) is 4.52. The van der Waals surface area contributed by atoms with Gasteiger partial charge in [-0.2, -0.15) is 0 Å². The van der Waals surface area contributed by atoms with Crippen molar-refractivity contribution in [3.05, 3.63) is 60.2 Å². The van der Waals surface area contributed by atoms with E-state index in [1.54, 1.807) is 18.2 Å². The van der Waals surface area contributed by atoms with Crippen molar-refractivity contribution in [2.45, 2.75) is 25.9 Å². The molecule has 4 rings (SSSR count). The summed E-state index contributed by atoms with van der Waals surface area (Å²) in [6, 6.07) is 9.01. The molecule has 0 atom stereocenters. The standard InChI is InChI=1S/C22H22F2N2O2/c1-3-25-11-9-15(10-12-25)28-16-7-8-19-17(13-16)14(2)22(27)26(19)20-6-4-5-18(23)21(20)24/h4-8,13,15H,2-3,9-12H2,1H3. The van der Waals surface area contributed by atoms with Gasteiger partial charge in [0.2, 0.25) is 0 Å². The molecular formula is C22H22F2N2O2. The number of nitrogens with zero attached hydrogens (tertiary/aromatic N) is 2. The minimum Gasteiger partial charge on any atom is -0.490 e. The van der Waals surface area contributed by atoms with E-state index in [0.29, 0.717) is 17.0 Å². The van der Waals surface area contributed by atoms with Gasteiger partial charge in [0, 0.05) is 24.2 Å². The summed E-state index contributed by atoms with van der Waals surface area (Å²) in [5.41, 5.74) is 1.18. The second kappa shape index (κ2) is 7.36. The van der Waals surface area contributed by atoms with Gasteiger partial charge >= 0.3 is 0 Å². The molecule has 6 heteroatoms. The fourth-order valence-electron chi connectivity index (χ4n) is 3.82. The molecule has 0 N–H and O–H groups in total. The van der Waals surface area contributed by atoms with Crippen LogP contribution in [0.25, 0.3) is 5.57 Å². The molecule has 0 aliphatic carbocycles. The van der Waals surface area contributed by atoms with Crippen molar-refractivity contribution in [3.63, 3.8) is 0 Å². The summed E-state index contributed by atoms with van der Waals surface area (Å²) in [5, 5.41) is 0. The van der Waals surface area contributed by atoms with Gasteiger partial charge in [-0.1, -0.05) is 19.6 Å². The van der Waals surface area contributed by atoms with Gasteiger partial charge in [-0.3, -0.25) is 9.69 Å². The average molecular weight is 384 g/mol. The SMILES string of the molecule is C=C1C(=O)N(c2cccc(F)c2F)c2ccc(OC3CCN(CC)CC3)cc21. The number of anilines is 2. The molecule has 2 heterocycles. The Bertz CT molecular complexity index is 936. The number of carbonyl (C=O) groups is 1. The quantitative estimate of drug-likeness (QED) is 0.727. The summed E-state index contributed by atoms with van der Waals surface area (Å²) in [4.78, 5) is 16.2. The number of ether oxygens (including phenoxy) is 1. The van der Waals surface area contributed by atoms with Crippen LogP contribution in [0.3, 0.4) is 0 Å². The maximum atomic E-state index is 14.3. The lowest BCUT2D eigenvalue weighted by Gasteiger charge is -2.31. The van der Waals surface area contributed by atoms with Crippen LogP contribution in [-0.2, 0) is 4.79 Å². The zero-order valence-corrected chi connectivity index (χ0v) is 15.8. The largest absolute Gasteiger partial charge is 0.490 e. The van der Waals surface area contributed by atoms with E-state index < -0.39 is 17.5 Å². The molecule has 1 amide bonds. The molecule has 1 saturated heterocycles. The van der Waals surface area contributed by atoms with Gasteiger partial charge in [0.15, 0.2) is 11.6 Å². The fraction of sp³-hybridized carbons (Fsp3) is 0.318. The Kier molecular flexibility index (Phi) is 4.89. The van der Waals surface area contributed by atoms with E-state index in [0.717, 1.165) is 38.5 Å². The van der Waals surface area contributed by atoms with Crippen LogP contribution < -0.4 is 9.64 Å². The molecule has 2 aliphatic rings. The topological polar surface area (TPSA) is 32.8 Å². The maximum Gasteiger partial charge on any atom is 0.263 e. The highest BCUT2D eigenvalue weighted by molar-refractivity contribution is 6.34. The van der Waals surface area contributed by atoms with Gasteiger partial charge in [0.05, 0.1) is 11.4 Å². The highest BCUT2D eigenvalue weighted by Gasteiger charge is 2.34. The molecule has 0 saturated carbocycles. The van der Waals surface area contributed by atoms with Crippen LogP contribution in [0, 0.1) is 11.6 Å². The summed E-state index contributed by atoms with van der Waals surface area (Å²) < 4.78 is 34.0. The van der Waals surface area contributed by atoms with Crippen LogP contribution in [0.2, 0.25) is 0 Å². The predicted molar refractivity (Wildman–Crippen MR) is 105 cm³/mol. The second-order valence-electron chi connectivity index (χ2n) is 7.12. The molecule has 0 radical (unpaired) electrons. The van der Waals surface area contributed by atoms with Crippen molar-refractivity contribution in [2.75, 3.05) is 24.5 Å². The molecule has 4 nitrogen and oxygen atoms in total. The minimum atomic E-state index is -1.06. The van der Waals surface area contributed by atoms with Gasteiger partial charge < -0.3 is 9.64 Å². The van der Waals surface area contributed by atoms with Crippen molar-refractivity contribution in [1.29, 1.82) is 0 Å². The lowest BCUT2D eigenvalue weighted by atomic mass is 10.1. The van der Waals surface area contributed by atoms with Crippen LogP contribution in [0.5, 0.6) is 5.75 Å². The first kappa shape index (κ1) is 18.6. The number of carbonyl (C=O) groups excluding carboxylic acids is 1. The van der Waals surface area contributed by atoms with Gasteiger partial charge in [-0.25, -0.2) is 8.78 Å². The number of benzene rings is 2. The molecule has 1 fully saturated rings. The van der Waals surface area contributed by atoms with E-state index >= 15 is 0 Å². The number of rotatable bonds is 4. The van der Waals surface area contributed by atoms with E-state index in [-0.39, 0.29) is 17.4 Å². The number of halogens is 2. The Hall–Kier alpha value is -2.73. The number of fused-ring (bicyclic) bond motifs is 1. The average Bonchev–Trinajstić information content (AvgIpc) is 2.95. The van der Waals surface area contributed by atoms with Crippen molar-refractivity contribution >= 4 is 22.9 Å². The second-order valence-corrected chi connectivity index (χ2v) is 7.12. The Labute approximate surface area is 163 Å². The van der Waals surface area contributed by atoms with E-state index in [4.69, 9.17) is 4.74 Å². The highest BCUT2D eigenvalue weighted by Crippen LogP contribution is 2.43. The van der Waals surface area contributed by atoms with E-state index in [1.165, 1.54) is 17.0 Å². The molecule has 2 aromatic carbocycles. The van der Waals surface area contributed by atoms with Gasteiger partial charge in [0.25, 0.3) is 5.91 Å². The summed E-state index contributed by atoms with van der Waals surface area (Å²) in [6.07, 6.45) is 2.03. The number of piperidine rings is 1. The normalized spacial score (nSPS) is 17.9. The monoisotopic (exact) mass is 384 g/mol. The van der Waals surface area contributed by atoms with Crippen molar-refractivity contribution < 1.29 is 18.3 Å². The molecule has 28 heavy (non-hydrogen) atoms. The fourth-order valence-corrected chi connectivity index (χ4v) is 3.82. The smallest absolute Gasteiger partial charge is 0.263 e. The van der Waals surface area contributed by atoms with Gasteiger partial charge in [-0.05, 0) is 49.7 Å². The van der Waals surface area contributed by atoms with Gasteiger partial charge in [0.1, 0.15) is 11.9 Å². The van der Waals surface area contributed by atoms with Crippen molar-refractivity contribution in [3.8, 4) is 5.75 Å². The Morgan fingerprint density at radius 1 is 1.14 bits per heavy atom. The molecule has 146 valence electrons. The molecule has 2 aliphatic heterocycles. The molecule has 0 bridgehead atoms. The van der Waals surface area contributed by atoms with Crippen LogP contribution in [0.1, 0.15) is 25.3 Å². The maximum absolute atomic E-state index is 14.3. The molecular weight excluding hydrogens is 362 g/mol. The Balaban J connectivity index is 1.60. The Morgan fingerprint density at radius 2 is 1.89 bits per heavy atom. The number of amides is 1. The van der Waals surface area contributed by atoms with E-state index in [9.17, 15) is 13.6 Å². The van der Waals surface area contributed by atoms with Crippen LogP contribution in [0.15, 0.2) is 43.0 Å². The lowest BCUT2D eigenvalue weighted by Crippen LogP contribution is -2.37. The lowest BCUT2D eigenvalue weighted by molar-refractivity contribution is -0.112. The summed E-state index contributed by atoms with van der Waals surface area (Å²) in [6.45, 7) is 9.04. The van der Waals surface area contributed by atoms with Crippen LogP contribution >= 0.6 is 0 Å². The van der Waals surface area contributed by atoms with Crippen molar-refractivity contribution in [1.82, 2.24) is 4.90 Å². The third-order valence-corrected chi connectivity index (χ3v) is 5.45. The first-order chi connectivity index (χ1) is 13.5. The van der Waals surface area contributed by atoms with E-state index in [1.807, 2.05) is 0 Å². The first-order valence-corrected chi connectivity index (χ1v) is 9.50.